The summed E-state index contributed by atoms with van der Waals surface area (Å²) >= 11 is 5.60. The molecule has 2 aromatic carbocycles. The van der Waals surface area contributed by atoms with Gasteiger partial charge in [0.25, 0.3) is 5.91 Å². The number of aryl methyl sites for hydroxylation is 1. The molecule has 1 saturated carbocycles. The summed E-state index contributed by atoms with van der Waals surface area (Å²) in [5, 5.41) is 5.74. The summed E-state index contributed by atoms with van der Waals surface area (Å²) < 4.78 is 14.6. The predicted molar refractivity (Wildman–Crippen MR) is 119 cm³/mol. The molecule has 30 heavy (non-hydrogen) atoms. The van der Waals surface area contributed by atoms with Crippen molar-refractivity contribution in [3.05, 3.63) is 64.8 Å². The Morgan fingerprint density at radius 2 is 1.93 bits per heavy atom. The van der Waals surface area contributed by atoms with E-state index in [1.807, 2.05) is 6.92 Å². The van der Waals surface area contributed by atoms with Crippen molar-refractivity contribution in [3.8, 4) is 0 Å². The number of halogens is 1. The highest BCUT2D eigenvalue weighted by atomic mass is 32.1. The van der Waals surface area contributed by atoms with Gasteiger partial charge in [-0.1, -0.05) is 6.07 Å². The molecule has 0 bridgehead atoms. The number of hydrogen-bond acceptors (Lipinski definition) is 3. The van der Waals surface area contributed by atoms with E-state index in [4.69, 9.17) is 18.8 Å². The molecule has 0 heterocycles. The Hall–Kier alpha value is -3.31. The first-order chi connectivity index (χ1) is 14.2. The fourth-order valence-electron chi connectivity index (χ4n) is 3.41. The van der Waals surface area contributed by atoms with E-state index >= 15 is 0 Å². The Bertz CT molecular complexity index is 1090. The Labute approximate surface area is 179 Å². The number of hydrogen-bond donors (Lipinski definition) is 2. The van der Waals surface area contributed by atoms with Crippen molar-refractivity contribution in [1.82, 2.24) is 5.32 Å². The third-order valence-corrected chi connectivity index (χ3v) is 5.55. The number of amides is 1. The van der Waals surface area contributed by atoms with Gasteiger partial charge in [0.15, 0.2) is 16.6 Å². The topological polar surface area (TPSA) is 65.8 Å². The summed E-state index contributed by atoms with van der Waals surface area (Å²) in [5.41, 5.74) is 1.46. The van der Waals surface area contributed by atoms with Crippen LogP contribution in [0.4, 0.5) is 21.5 Å². The maximum absolute atomic E-state index is 14.6. The normalized spacial score (nSPS) is 13.7. The fraction of sp³-hybridized carbons (Fsp3) is 0.273. The summed E-state index contributed by atoms with van der Waals surface area (Å²) in [7, 11) is 1.43. The second-order valence-corrected chi connectivity index (χ2v) is 7.60. The van der Waals surface area contributed by atoms with E-state index in [-0.39, 0.29) is 16.5 Å². The lowest BCUT2D eigenvalue weighted by Crippen LogP contribution is -2.48. The molecule has 8 heteroatoms. The highest BCUT2D eigenvalue weighted by Crippen LogP contribution is 2.45. The van der Waals surface area contributed by atoms with E-state index in [1.165, 1.54) is 26.1 Å². The molecule has 0 atom stereocenters. The molecule has 0 aliphatic heterocycles. The van der Waals surface area contributed by atoms with Crippen LogP contribution in [0.5, 0.6) is 0 Å². The first-order valence-electron chi connectivity index (χ1n) is 9.35. The molecule has 6 nitrogen and oxygen atoms in total. The summed E-state index contributed by atoms with van der Waals surface area (Å²) in [6.45, 7) is 10.5. The van der Waals surface area contributed by atoms with Gasteiger partial charge in [0, 0.05) is 18.4 Å². The van der Waals surface area contributed by atoms with Gasteiger partial charge in [0.2, 0.25) is 0 Å². The minimum Gasteiger partial charge on any atom is -0.355 e. The Balaban J connectivity index is 1.98. The molecular formula is C22H21FN4O2S. The van der Waals surface area contributed by atoms with Crippen LogP contribution < -0.4 is 15.5 Å². The molecule has 154 valence electrons. The number of rotatable bonds is 5. The zero-order chi connectivity index (χ0) is 22.1. The largest absolute Gasteiger partial charge is 0.355 e. The van der Waals surface area contributed by atoms with E-state index in [9.17, 15) is 14.0 Å². The lowest BCUT2D eigenvalue weighted by atomic mass is 10.1. The lowest BCUT2D eigenvalue weighted by Gasteiger charge is -2.33. The summed E-state index contributed by atoms with van der Waals surface area (Å²) in [6, 6.07) is 9.39. The maximum Gasteiger partial charge on any atom is 0.253 e. The second kappa shape index (κ2) is 8.20. The van der Waals surface area contributed by atoms with Gasteiger partial charge in [-0.15, -0.1) is 0 Å². The first kappa shape index (κ1) is 21.4. The van der Waals surface area contributed by atoms with Gasteiger partial charge in [-0.25, -0.2) is 9.24 Å². The molecule has 1 amide bonds. The van der Waals surface area contributed by atoms with Crippen LogP contribution in [-0.4, -0.2) is 29.4 Å². The van der Waals surface area contributed by atoms with Gasteiger partial charge in [0.05, 0.1) is 12.1 Å². The quantitative estimate of drug-likeness (QED) is 0.551. The number of anilines is 2. The smallest absolute Gasteiger partial charge is 0.253 e. The maximum atomic E-state index is 14.6. The van der Waals surface area contributed by atoms with E-state index < -0.39 is 17.3 Å². The van der Waals surface area contributed by atoms with E-state index in [0.29, 0.717) is 29.9 Å². The van der Waals surface area contributed by atoms with Crippen LogP contribution in [0, 0.1) is 19.3 Å². The van der Waals surface area contributed by atoms with Gasteiger partial charge >= 0.3 is 0 Å². The van der Waals surface area contributed by atoms with E-state index in [0.717, 1.165) is 5.56 Å². The van der Waals surface area contributed by atoms with Crippen molar-refractivity contribution in [2.75, 3.05) is 17.3 Å². The number of nitrogens with zero attached hydrogens (tertiary/aromatic N) is 2. The van der Waals surface area contributed by atoms with Crippen LogP contribution in [0.3, 0.4) is 0 Å². The molecule has 0 saturated heterocycles. The van der Waals surface area contributed by atoms with Crippen molar-refractivity contribution < 1.29 is 14.0 Å². The third-order valence-electron chi connectivity index (χ3n) is 5.26. The number of carbonyl (C=O) groups is 2. The fourth-order valence-corrected chi connectivity index (χ4v) is 3.81. The predicted octanol–water partition coefficient (Wildman–Crippen LogP) is 4.37. The SMILES string of the molecule is [C-]#[N+]c1ccc(NC(=S)N(c2ccc(C(=O)NC)c(F)c2)C2(C(C)=O)CC2)cc1C. The van der Waals surface area contributed by atoms with Gasteiger partial charge in [0.1, 0.15) is 11.4 Å². The molecule has 0 spiro atoms. The minimum absolute atomic E-state index is 0.0676. The van der Waals surface area contributed by atoms with Crippen molar-refractivity contribution >= 4 is 46.1 Å². The van der Waals surface area contributed by atoms with Crippen LogP contribution in [-0.2, 0) is 4.79 Å². The number of carbonyl (C=O) groups excluding carboxylic acids is 2. The van der Waals surface area contributed by atoms with Crippen LogP contribution >= 0.6 is 12.2 Å². The lowest BCUT2D eigenvalue weighted by molar-refractivity contribution is -0.118. The molecule has 0 radical (unpaired) electrons. The third kappa shape index (κ3) is 3.89. The highest BCUT2D eigenvalue weighted by molar-refractivity contribution is 7.80. The van der Waals surface area contributed by atoms with Gasteiger partial charge < -0.3 is 15.5 Å². The molecule has 3 rings (SSSR count). The van der Waals surface area contributed by atoms with Crippen molar-refractivity contribution in [2.45, 2.75) is 32.2 Å². The Morgan fingerprint density at radius 3 is 2.43 bits per heavy atom. The summed E-state index contributed by atoms with van der Waals surface area (Å²) in [6.07, 6.45) is 1.19. The van der Waals surface area contributed by atoms with E-state index in [2.05, 4.69) is 15.5 Å². The number of benzene rings is 2. The summed E-state index contributed by atoms with van der Waals surface area (Å²) in [5.74, 6) is -1.30. The Morgan fingerprint density at radius 1 is 1.23 bits per heavy atom. The van der Waals surface area contributed by atoms with Gasteiger partial charge in [-0.3, -0.25) is 9.59 Å². The zero-order valence-electron chi connectivity index (χ0n) is 16.9. The number of thiocarbonyl (C=S) groups is 1. The van der Waals surface area contributed by atoms with Crippen molar-refractivity contribution in [2.24, 2.45) is 0 Å². The number of nitrogens with one attached hydrogen (secondary N) is 2. The average molecular weight is 425 g/mol. The van der Waals surface area contributed by atoms with Crippen molar-refractivity contribution in [3.63, 3.8) is 0 Å². The first-order valence-corrected chi connectivity index (χ1v) is 9.76. The molecule has 1 aliphatic rings. The molecule has 2 aromatic rings. The monoisotopic (exact) mass is 424 g/mol. The number of Topliss-reactive ketones (excluding diaryl/α,β-unsaturated/α-hetero) is 1. The highest BCUT2D eigenvalue weighted by Gasteiger charge is 2.54. The second-order valence-electron chi connectivity index (χ2n) is 7.21. The average Bonchev–Trinajstić information content (AvgIpc) is 3.49. The van der Waals surface area contributed by atoms with Crippen molar-refractivity contribution in [1.29, 1.82) is 0 Å². The van der Waals surface area contributed by atoms with Crippen LogP contribution in [0.25, 0.3) is 4.85 Å². The molecule has 0 aromatic heterocycles. The van der Waals surface area contributed by atoms with Gasteiger partial charge in [-0.05, 0) is 74.8 Å². The standard InChI is InChI=1S/C22H21FN4O2S/c1-13-11-15(5-8-19(13)24-3)26-21(30)27(22(9-10-22)14(2)28)16-6-7-17(18(23)12-16)20(29)25-4/h5-8,11-12H,9-10H2,1-2,4H3,(H,25,29)(H,26,30). The van der Waals surface area contributed by atoms with Crippen LogP contribution in [0.15, 0.2) is 36.4 Å². The van der Waals surface area contributed by atoms with Gasteiger partial charge in [-0.2, -0.15) is 0 Å². The molecule has 2 N–H and O–H groups in total. The summed E-state index contributed by atoms with van der Waals surface area (Å²) in [4.78, 5) is 29.3. The number of ketones is 1. The Kier molecular flexibility index (Phi) is 5.85. The molecule has 0 unspecified atom stereocenters. The zero-order valence-corrected chi connectivity index (χ0v) is 17.7. The molecular weight excluding hydrogens is 403 g/mol. The van der Waals surface area contributed by atoms with Crippen LogP contribution in [0.2, 0.25) is 0 Å². The van der Waals surface area contributed by atoms with E-state index in [1.54, 1.807) is 29.2 Å². The molecule has 1 aliphatic carbocycles. The minimum atomic E-state index is -0.837. The van der Waals surface area contributed by atoms with Crippen LogP contribution in [0.1, 0.15) is 35.7 Å². The molecule has 1 fully saturated rings.